The molecule has 1 N–H and O–H groups in total. The van der Waals surface area contributed by atoms with Crippen molar-refractivity contribution >= 4 is 11.6 Å². The maximum atomic E-state index is 10.8. The van der Waals surface area contributed by atoms with Gasteiger partial charge in [0.25, 0.3) is 0 Å². The zero-order chi connectivity index (χ0) is 15.7. The molecule has 2 rings (SSSR count). The monoisotopic (exact) mass is 312 g/mol. The van der Waals surface area contributed by atoms with E-state index in [4.69, 9.17) is 16.3 Å². The third kappa shape index (κ3) is 2.65. The van der Waals surface area contributed by atoms with E-state index in [1.54, 1.807) is 29.7 Å². The van der Waals surface area contributed by atoms with Gasteiger partial charge >= 0.3 is 0 Å². The molecule has 0 aliphatic rings. The fraction of sp³-hybridized carbons (Fsp3) is 0.571. The number of aliphatic hydroxyl groups is 1. The molecule has 0 saturated carbocycles. The lowest BCUT2D eigenvalue weighted by Crippen LogP contribution is -2.12. The van der Waals surface area contributed by atoms with Gasteiger partial charge in [0.2, 0.25) is 0 Å². The first-order chi connectivity index (χ1) is 9.92. The molecule has 1 unspecified atom stereocenters. The first-order valence-electron chi connectivity index (χ1n) is 6.92. The Morgan fingerprint density at radius 2 is 2.10 bits per heavy atom. The quantitative estimate of drug-likeness (QED) is 0.921. The first kappa shape index (κ1) is 15.9. The Labute approximate surface area is 129 Å². The SMILES string of the molecule is CCn1ncc(OC)c1C(O)c1c(C(C)C)nn(C)c1Cl. The molecular weight excluding hydrogens is 292 g/mol. The van der Waals surface area contributed by atoms with Crippen molar-refractivity contribution in [2.75, 3.05) is 7.11 Å². The smallest absolute Gasteiger partial charge is 0.163 e. The average molecular weight is 313 g/mol. The topological polar surface area (TPSA) is 65.1 Å². The maximum absolute atomic E-state index is 10.8. The summed E-state index contributed by atoms with van der Waals surface area (Å²) in [5, 5.41) is 19.9. The van der Waals surface area contributed by atoms with Crippen molar-refractivity contribution in [2.24, 2.45) is 7.05 Å². The van der Waals surface area contributed by atoms with Crippen LogP contribution in [-0.4, -0.2) is 31.8 Å². The van der Waals surface area contributed by atoms with Crippen LogP contribution in [0.1, 0.15) is 49.7 Å². The van der Waals surface area contributed by atoms with E-state index in [-0.39, 0.29) is 5.92 Å². The lowest BCUT2D eigenvalue weighted by atomic mass is 10.00. The van der Waals surface area contributed by atoms with E-state index in [1.165, 1.54) is 0 Å². The Morgan fingerprint density at radius 1 is 1.43 bits per heavy atom. The molecule has 1 atom stereocenters. The zero-order valence-corrected chi connectivity index (χ0v) is 13.7. The van der Waals surface area contributed by atoms with Crippen molar-refractivity contribution in [3.05, 3.63) is 28.3 Å². The number of rotatable bonds is 5. The molecule has 0 spiro atoms. The molecular formula is C14H21ClN4O2. The number of ether oxygens (including phenoxy) is 1. The van der Waals surface area contributed by atoms with Gasteiger partial charge in [0.05, 0.1) is 19.0 Å². The number of aryl methyl sites for hydroxylation is 2. The summed E-state index contributed by atoms with van der Waals surface area (Å²) in [5.74, 6) is 0.691. The minimum Gasteiger partial charge on any atom is -0.493 e. The van der Waals surface area contributed by atoms with Gasteiger partial charge in [-0.3, -0.25) is 9.36 Å². The summed E-state index contributed by atoms with van der Waals surface area (Å²) in [6.07, 6.45) is 0.669. The summed E-state index contributed by atoms with van der Waals surface area (Å²) in [6.45, 7) is 6.62. The summed E-state index contributed by atoms with van der Waals surface area (Å²) in [7, 11) is 3.32. The molecule has 2 aromatic rings. The highest BCUT2D eigenvalue weighted by atomic mass is 35.5. The van der Waals surface area contributed by atoms with E-state index in [0.717, 1.165) is 5.69 Å². The van der Waals surface area contributed by atoms with Gasteiger partial charge in [-0.2, -0.15) is 10.2 Å². The molecule has 7 heteroatoms. The van der Waals surface area contributed by atoms with Crippen LogP contribution >= 0.6 is 11.6 Å². The van der Waals surface area contributed by atoms with Crippen molar-refractivity contribution in [2.45, 2.75) is 39.3 Å². The van der Waals surface area contributed by atoms with Crippen LogP contribution in [0.15, 0.2) is 6.20 Å². The Bertz CT molecular complexity index is 612. The fourth-order valence-electron chi connectivity index (χ4n) is 2.42. The summed E-state index contributed by atoms with van der Waals surface area (Å²) in [4.78, 5) is 0. The third-order valence-corrected chi connectivity index (χ3v) is 3.93. The Kier molecular flexibility index (Phi) is 4.58. The second kappa shape index (κ2) is 6.07. The minimum atomic E-state index is -0.930. The van der Waals surface area contributed by atoms with Gasteiger partial charge in [0, 0.05) is 19.2 Å². The van der Waals surface area contributed by atoms with Crippen LogP contribution in [0.3, 0.4) is 0 Å². The van der Waals surface area contributed by atoms with Crippen molar-refractivity contribution < 1.29 is 9.84 Å². The zero-order valence-electron chi connectivity index (χ0n) is 13.0. The van der Waals surface area contributed by atoms with Crippen molar-refractivity contribution in [1.82, 2.24) is 19.6 Å². The van der Waals surface area contributed by atoms with Gasteiger partial charge in [-0.25, -0.2) is 0 Å². The summed E-state index contributed by atoms with van der Waals surface area (Å²) in [6, 6.07) is 0. The molecule has 0 aliphatic carbocycles. The lowest BCUT2D eigenvalue weighted by Gasteiger charge is -2.16. The summed E-state index contributed by atoms with van der Waals surface area (Å²) >= 11 is 6.33. The van der Waals surface area contributed by atoms with Crippen molar-refractivity contribution in [1.29, 1.82) is 0 Å². The Hall–Kier alpha value is -1.53. The second-order valence-corrected chi connectivity index (χ2v) is 5.54. The van der Waals surface area contributed by atoms with Crippen LogP contribution in [0, 0.1) is 0 Å². The second-order valence-electron chi connectivity index (χ2n) is 5.18. The third-order valence-electron chi connectivity index (χ3n) is 3.48. The number of hydrogen-bond donors (Lipinski definition) is 1. The number of aliphatic hydroxyl groups excluding tert-OH is 1. The number of hydrogen-bond acceptors (Lipinski definition) is 4. The van der Waals surface area contributed by atoms with Gasteiger partial charge in [-0.1, -0.05) is 25.4 Å². The molecule has 0 bridgehead atoms. The van der Waals surface area contributed by atoms with E-state index in [0.29, 0.717) is 28.7 Å². The molecule has 0 fully saturated rings. The predicted octanol–water partition coefficient (Wildman–Crippen LogP) is 2.50. The lowest BCUT2D eigenvalue weighted by molar-refractivity contribution is 0.201. The van der Waals surface area contributed by atoms with Crippen LogP contribution in [0.2, 0.25) is 5.15 Å². The molecule has 0 amide bonds. The van der Waals surface area contributed by atoms with Crippen LogP contribution in [0.5, 0.6) is 5.75 Å². The van der Waals surface area contributed by atoms with Gasteiger partial charge in [-0.15, -0.1) is 0 Å². The Balaban J connectivity index is 2.60. The fourth-order valence-corrected chi connectivity index (χ4v) is 2.66. The number of nitrogens with zero attached hydrogens (tertiary/aromatic N) is 4. The highest BCUT2D eigenvalue weighted by Gasteiger charge is 2.29. The van der Waals surface area contributed by atoms with E-state index in [1.807, 2.05) is 20.8 Å². The molecule has 2 heterocycles. The molecule has 6 nitrogen and oxygen atoms in total. The molecule has 0 saturated heterocycles. The molecule has 2 aromatic heterocycles. The van der Waals surface area contributed by atoms with Gasteiger partial charge in [-0.05, 0) is 12.8 Å². The van der Waals surface area contributed by atoms with E-state index in [9.17, 15) is 5.11 Å². The van der Waals surface area contributed by atoms with Crippen molar-refractivity contribution in [3.8, 4) is 5.75 Å². The van der Waals surface area contributed by atoms with Gasteiger partial charge < -0.3 is 9.84 Å². The van der Waals surface area contributed by atoms with Crippen LogP contribution in [0.4, 0.5) is 0 Å². The number of methoxy groups -OCH3 is 1. The molecule has 116 valence electrons. The van der Waals surface area contributed by atoms with Crippen LogP contribution in [0.25, 0.3) is 0 Å². The van der Waals surface area contributed by atoms with Gasteiger partial charge in [0.15, 0.2) is 5.75 Å². The molecule has 21 heavy (non-hydrogen) atoms. The van der Waals surface area contributed by atoms with Crippen LogP contribution in [-0.2, 0) is 13.6 Å². The molecule has 0 aromatic carbocycles. The molecule has 0 aliphatic heterocycles. The normalized spacial score (nSPS) is 13.0. The summed E-state index contributed by atoms with van der Waals surface area (Å²) in [5.41, 5.74) is 1.99. The predicted molar refractivity (Wildman–Crippen MR) is 80.8 cm³/mol. The van der Waals surface area contributed by atoms with Crippen molar-refractivity contribution in [3.63, 3.8) is 0 Å². The highest BCUT2D eigenvalue weighted by Crippen LogP contribution is 2.37. The van der Waals surface area contributed by atoms with E-state index >= 15 is 0 Å². The standard InChI is InChI=1S/C14H21ClN4O2/c1-6-19-12(9(21-5)7-16-19)13(20)10-11(8(2)3)17-18(4)14(10)15/h7-8,13,20H,6H2,1-5H3. The molecule has 0 radical (unpaired) electrons. The highest BCUT2D eigenvalue weighted by molar-refractivity contribution is 6.30. The van der Waals surface area contributed by atoms with Crippen LogP contribution < -0.4 is 4.74 Å². The number of aromatic nitrogens is 4. The van der Waals surface area contributed by atoms with E-state index in [2.05, 4.69) is 10.2 Å². The maximum Gasteiger partial charge on any atom is 0.163 e. The van der Waals surface area contributed by atoms with Gasteiger partial charge in [0.1, 0.15) is 17.0 Å². The summed E-state index contributed by atoms with van der Waals surface area (Å²) < 4.78 is 8.59. The minimum absolute atomic E-state index is 0.150. The largest absolute Gasteiger partial charge is 0.493 e. The van der Waals surface area contributed by atoms with E-state index < -0.39 is 6.10 Å². The Morgan fingerprint density at radius 3 is 2.62 bits per heavy atom. The first-order valence-corrected chi connectivity index (χ1v) is 7.30. The average Bonchev–Trinajstić information content (AvgIpc) is 3.00. The number of halogens is 1.